The molecule has 4 rings (SSSR count). The third kappa shape index (κ3) is 3.97. The lowest BCUT2D eigenvalue weighted by Gasteiger charge is -2.33. The number of benzene rings is 1. The van der Waals surface area contributed by atoms with E-state index in [4.69, 9.17) is 0 Å². The summed E-state index contributed by atoms with van der Waals surface area (Å²) in [5, 5.41) is 10.5. The molecule has 7 heteroatoms. The van der Waals surface area contributed by atoms with E-state index in [9.17, 15) is 9.18 Å². The van der Waals surface area contributed by atoms with Crippen molar-refractivity contribution in [3.05, 3.63) is 66.2 Å². The molecule has 0 unspecified atom stereocenters. The van der Waals surface area contributed by atoms with Crippen LogP contribution in [0.3, 0.4) is 0 Å². The first kappa shape index (κ1) is 17.2. The van der Waals surface area contributed by atoms with Crippen LogP contribution in [-0.4, -0.2) is 40.2 Å². The molecule has 6 nitrogen and oxygen atoms in total. The summed E-state index contributed by atoms with van der Waals surface area (Å²) in [6, 6.07) is 11.6. The summed E-state index contributed by atoms with van der Waals surface area (Å²) >= 11 is 0. The summed E-state index contributed by atoms with van der Waals surface area (Å²) in [5.41, 5.74) is 2.29. The number of carbonyl (C=O) groups is 1. The van der Waals surface area contributed by atoms with Crippen molar-refractivity contribution in [1.29, 1.82) is 0 Å². The van der Waals surface area contributed by atoms with Crippen LogP contribution in [0, 0.1) is 5.82 Å². The number of nitrogens with one attached hydrogen (secondary N) is 2. The van der Waals surface area contributed by atoms with Gasteiger partial charge >= 0.3 is 0 Å². The predicted octanol–water partition coefficient (Wildman–Crippen LogP) is 3.01. The Bertz CT molecular complexity index is 927. The van der Waals surface area contributed by atoms with Crippen molar-refractivity contribution in [1.82, 2.24) is 20.5 Å². The highest BCUT2D eigenvalue weighted by molar-refractivity contribution is 5.94. The van der Waals surface area contributed by atoms with Gasteiger partial charge in [0.2, 0.25) is 0 Å². The number of amides is 1. The number of H-pyrrole nitrogens is 1. The van der Waals surface area contributed by atoms with Crippen LogP contribution in [0.4, 0.5) is 10.2 Å². The number of aromatic amines is 1. The predicted molar refractivity (Wildman–Crippen MR) is 101 cm³/mol. The molecule has 138 valence electrons. The van der Waals surface area contributed by atoms with Crippen LogP contribution in [-0.2, 0) is 0 Å². The Balaban J connectivity index is 1.42. The summed E-state index contributed by atoms with van der Waals surface area (Å²) < 4.78 is 13.3. The first-order chi connectivity index (χ1) is 13.2. The number of aromatic nitrogens is 3. The van der Waals surface area contributed by atoms with Crippen LogP contribution in [0.1, 0.15) is 23.2 Å². The monoisotopic (exact) mass is 365 g/mol. The quantitative estimate of drug-likeness (QED) is 0.745. The molecule has 1 aromatic carbocycles. The molecule has 1 fully saturated rings. The van der Waals surface area contributed by atoms with Crippen LogP contribution >= 0.6 is 0 Å². The molecule has 1 amide bonds. The number of rotatable bonds is 4. The van der Waals surface area contributed by atoms with E-state index in [0.717, 1.165) is 36.5 Å². The number of carbonyl (C=O) groups excluding carboxylic acids is 1. The Labute approximate surface area is 156 Å². The molecule has 0 saturated carbocycles. The summed E-state index contributed by atoms with van der Waals surface area (Å²) in [5.74, 6) is 0.195. The largest absolute Gasteiger partial charge is 0.353 e. The molecule has 1 aliphatic heterocycles. The Morgan fingerprint density at radius 1 is 1.22 bits per heavy atom. The maximum absolute atomic E-state index is 13.3. The van der Waals surface area contributed by atoms with E-state index in [1.165, 1.54) is 12.1 Å². The second-order valence-electron chi connectivity index (χ2n) is 6.64. The molecule has 0 spiro atoms. The van der Waals surface area contributed by atoms with Crippen LogP contribution < -0.4 is 10.2 Å². The van der Waals surface area contributed by atoms with Gasteiger partial charge in [0.15, 0.2) is 5.82 Å². The van der Waals surface area contributed by atoms with Gasteiger partial charge in [0.25, 0.3) is 5.91 Å². The summed E-state index contributed by atoms with van der Waals surface area (Å²) in [6.45, 7) is 1.55. The Hall–Kier alpha value is -3.22. The molecule has 2 N–H and O–H groups in total. The van der Waals surface area contributed by atoms with Crippen molar-refractivity contribution in [2.45, 2.75) is 18.9 Å². The second kappa shape index (κ2) is 7.57. The number of pyridine rings is 1. The van der Waals surface area contributed by atoms with Gasteiger partial charge < -0.3 is 10.2 Å². The highest BCUT2D eigenvalue weighted by Gasteiger charge is 2.23. The van der Waals surface area contributed by atoms with Gasteiger partial charge in [-0.15, -0.1) is 0 Å². The zero-order chi connectivity index (χ0) is 18.6. The number of anilines is 1. The van der Waals surface area contributed by atoms with Crippen LogP contribution in [0.2, 0.25) is 0 Å². The number of halogens is 1. The summed E-state index contributed by atoms with van der Waals surface area (Å²) in [4.78, 5) is 18.6. The van der Waals surface area contributed by atoms with E-state index in [2.05, 4.69) is 25.4 Å². The van der Waals surface area contributed by atoms with Gasteiger partial charge in [0.05, 0.1) is 5.69 Å². The number of nitrogens with zero attached hydrogens (tertiary/aromatic N) is 3. The minimum absolute atomic E-state index is 0.00408. The topological polar surface area (TPSA) is 73.9 Å². The average molecular weight is 365 g/mol. The molecule has 1 atom stereocenters. The Morgan fingerprint density at radius 2 is 2.07 bits per heavy atom. The lowest BCUT2D eigenvalue weighted by Crippen LogP contribution is -2.48. The van der Waals surface area contributed by atoms with Crippen molar-refractivity contribution < 1.29 is 9.18 Å². The van der Waals surface area contributed by atoms with Gasteiger partial charge in [0.1, 0.15) is 5.82 Å². The Morgan fingerprint density at radius 3 is 2.89 bits per heavy atom. The molecule has 27 heavy (non-hydrogen) atoms. The smallest absolute Gasteiger partial charge is 0.251 e. The molecule has 1 saturated heterocycles. The van der Waals surface area contributed by atoms with E-state index in [0.29, 0.717) is 12.1 Å². The fourth-order valence-electron chi connectivity index (χ4n) is 3.35. The van der Waals surface area contributed by atoms with E-state index in [-0.39, 0.29) is 11.9 Å². The summed E-state index contributed by atoms with van der Waals surface area (Å²) in [6.07, 6.45) is 5.33. The van der Waals surface area contributed by atoms with Crippen molar-refractivity contribution in [3.63, 3.8) is 0 Å². The van der Waals surface area contributed by atoms with Crippen LogP contribution in [0.5, 0.6) is 0 Å². The molecule has 0 bridgehead atoms. The van der Waals surface area contributed by atoms with Crippen LogP contribution in [0.25, 0.3) is 11.3 Å². The fourth-order valence-corrected chi connectivity index (χ4v) is 3.35. The maximum Gasteiger partial charge on any atom is 0.251 e. The molecule has 3 heterocycles. The molecular weight excluding hydrogens is 345 g/mol. The normalized spacial score (nSPS) is 16.9. The fraction of sp³-hybridized carbons (Fsp3) is 0.250. The minimum Gasteiger partial charge on any atom is -0.353 e. The Kier molecular flexibility index (Phi) is 4.82. The van der Waals surface area contributed by atoms with Crippen molar-refractivity contribution in [2.75, 3.05) is 18.0 Å². The third-order valence-corrected chi connectivity index (χ3v) is 4.72. The van der Waals surface area contributed by atoms with Gasteiger partial charge in [0, 0.05) is 48.7 Å². The van der Waals surface area contributed by atoms with E-state index in [1.54, 1.807) is 24.5 Å². The van der Waals surface area contributed by atoms with Crippen molar-refractivity contribution in [3.8, 4) is 11.3 Å². The van der Waals surface area contributed by atoms with Gasteiger partial charge in [-0.3, -0.25) is 14.9 Å². The van der Waals surface area contributed by atoms with Gasteiger partial charge in [-0.1, -0.05) is 6.07 Å². The highest BCUT2D eigenvalue weighted by atomic mass is 19.1. The van der Waals surface area contributed by atoms with E-state index >= 15 is 0 Å². The average Bonchev–Trinajstić information content (AvgIpc) is 3.19. The molecule has 2 aromatic heterocycles. The standard InChI is InChI=1S/C20H20FN5O/c21-16-4-1-3-15(11-16)20(27)23-17-5-2-10-26(13-17)19-12-18(24-25-19)14-6-8-22-9-7-14/h1,3-4,6-9,11-12,17H,2,5,10,13H2,(H,23,27)(H,24,25)/t17-/m1/s1. The highest BCUT2D eigenvalue weighted by Crippen LogP contribution is 2.23. The number of hydrogen-bond donors (Lipinski definition) is 2. The maximum atomic E-state index is 13.3. The molecule has 0 radical (unpaired) electrons. The lowest BCUT2D eigenvalue weighted by atomic mass is 10.0. The van der Waals surface area contributed by atoms with Crippen molar-refractivity contribution in [2.24, 2.45) is 0 Å². The summed E-state index contributed by atoms with van der Waals surface area (Å²) in [7, 11) is 0. The molecule has 1 aliphatic rings. The van der Waals surface area contributed by atoms with Gasteiger partial charge in [-0.05, 0) is 43.2 Å². The zero-order valence-electron chi connectivity index (χ0n) is 14.7. The van der Waals surface area contributed by atoms with Crippen molar-refractivity contribution >= 4 is 11.7 Å². The van der Waals surface area contributed by atoms with Crippen LogP contribution in [0.15, 0.2) is 54.9 Å². The van der Waals surface area contributed by atoms with Gasteiger partial charge in [-0.25, -0.2) is 4.39 Å². The zero-order valence-corrected chi connectivity index (χ0v) is 14.7. The third-order valence-electron chi connectivity index (χ3n) is 4.72. The second-order valence-corrected chi connectivity index (χ2v) is 6.64. The molecular formula is C20H20FN5O. The molecule has 0 aliphatic carbocycles. The minimum atomic E-state index is -0.409. The number of piperidine rings is 1. The number of hydrogen-bond acceptors (Lipinski definition) is 4. The van der Waals surface area contributed by atoms with Gasteiger partial charge in [-0.2, -0.15) is 5.10 Å². The first-order valence-corrected chi connectivity index (χ1v) is 8.96. The molecule has 3 aromatic rings. The lowest BCUT2D eigenvalue weighted by molar-refractivity contribution is 0.0932. The van der Waals surface area contributed by atoms with E-state index < -0.39 is 5.82 Å². The SMILES string of the molecule is O=C(N[C@@H]1CCCN(c2cc(-c3ccncc3)[nH]n2)C1)c1cccc(F)c1. The first-order valence-electron chi connectivity index (χ1n) is 8.96. The van der Waals surface area contributed by atoms with E-state index in [1.807, 2.05) is 18.2 Å².